The molecule has 0 unspecified atom stereocenters. The molecule has 107 valence electrons. The molecule has 1 aromatic heterocycles. The smallest absolute Gasteiger partial charge is 0.420 e. The Morgan fingerprint density at radius 3 is 1.85 bits per heavy atom. The largest absolute Gasteiger partial charge is 0.445 e. The lowest BCUT2D eigenvalue weighted by Crippen LogP contribution is -2.13. The van der Waals surface area contributed by atoms with Crippen LogP contribution in [0.25, 0.3) is 0 Å². The Balaban J connectivity index is 2.59. The average molecular weight is 311 g/mol. The highest BCUT2D eigenvalue weighted by molar-refractivity contribution is 7.11. The Labute approximate surface area is 113 Å². The summed E-state index contributed by atoms with van der Waals surface area (Å²) in [5.41, 5.74) is -2.94. The fraction of sp³-hybridized carbons (Fsp3) is 0.167. The van der Waals surface area contributed by atoms with Crippen molar-refractivity contribution < 1.29 is 31.1 Å². The van der Waals surface area contributed by atoms with Crippen molar-refractivity contribution in [1.29, 1.82) is 0 Å². The summed E-state index contributed by atoms with van der Waals surface area (Å²) in [5.74, 6) is -1.25. The SMILES string of the molecule is FC(F)(F)c1cccc(C(F)(F)F)c1Oc1cc[c]s1. The van der Waals surface area contributed by atoms with E-state index in [-0.39, 0.29) is 5.06 Å². The Bertz CT molecular complexity index is 553. The Morgan fingerprint density at radius 1 is 0.900 bits per heavy atom. The predicted molar refractivity (Wildman–Crippen MR) is 59.7 cm³/mol. The molecule has 1 radical (unpaired) electrons. The van der Waals surface area contributed by atoms with Gasteiger partial charge in [-0.05, 0) is 24.3 Å². The molecule has 0 saturated heterocycles. The first kappa shape index (κ1) is 14.7. The third-order valence-corrected chi connectivity index (χ3v) is 2.95. The number of hydrogen-bond donors (Lipinski definition) is 0. The molecule has 2 aromatic rings. The van der Waals surface area contributed by atoms with Crippen LogP contribution >= 0.6 is 11.3 Å². The summed E-state index contributed by atoms with van der Waals surface area (Å²) in [5, 5.41) is 2.42. The van der Waals surface area contributed by atoms with Gasteiger partial charge in [-0.2, -0.15) is 26.3 Å². The van der Waals surface area contributed by atoms with E-state index in [1.54, 1.807) is 0 Å². The van der Waals surface area contributed by atoms with Crippen molar-refractivity contribution >= 4 is 11.3 Å². The van der Waals surface area contributed by atoms with Gasteiger partial charge in [-0.3, -0.25) is 0 Å². The Hall–Kier alpha value is -1.70. The summed E-state index contributed by atoms with van der Waals surface area (Å²) in [6.07, 6.45) is -9.89. The highest BCUT2D eigenvalue weighted by Gasteiger charge is 2.42. The topological polar surface area (TPSA) is 9.23 Å². The van der Waals surface area contributed by atoms with E-state index in [9.17, 15) is 26.3 Å². The zero-order chi connectivity index (χ0) is 15.0. The number of para-hydroxylation sites is 1. The van der Waals surface area contributed by atoms with Gasteiger partial charge in [-0.1, -0.05) is 17.4 Å². The fourth-order valence-electron chi connectivity index (χ4n) is 1.48. The molecular weight excluding hydrogens is 306 g/mol. The number of hydrogen-bond acceptors (Lipinski definition) is 2. The van der Waals surface area contributed by atoms with Crippen LogP contribution in [-0.4, -0.2) is 0 Å². The monoisotopic (exact) mass is 311 g/mol. The van der Waals surface area contributed by atoms with Crippen LogP contribution in [0.5, 0.6) is 10.8 Å². The van der Waals surface area contributed by atoms with Crippen molar-refractivity contribution in [1.82, 2.24) is 0 Å². The molecular formula is C12H5F6OS. The van der Waals surface area contributed by atoms with Crippen LogP contribution in [-0.2, 0) is 12.4 Å². The molecule has 0 aliphatic heterocycles. The molecule has 8 heteroatoms. The summed E-state index contributed by atoms with van der Waals surface area (Å²) in [6, 6.07) is 4.35. The molecule has 0 aliphatic carbocycles. The molecule has 1 aromatic carbocycles. The van der Waals surface area contributed by atoms with Gasteiger partial charge in [0.15, 0.2) is 10.8 Å². The molecule has 0 fully saturated rings. The van der Waals surface area contributed by atoms with E-state index in [1.165, 1.54) is 12.1 Å². The summed E-state index contributed by atoms with van der Waals surface area (Å²) < 4.78 is 81.5. The van der Waals surface area contributed by atoms with E-state index in [0.717, 1.165) is 11.3 Å². The summed E-state index contributed by atoms with van der Waals surface area (Å²) in [4.78, 5) is 0. The highest BCUT2D eigenvalue weighted by Crippen LogP contribution is 2.46. The average Bonchev–Trinajstić information content (AvgIpc) is 2.79. The molecule has 0 atom stereocenters. The van der Waals surface area contributed by atoms with Crippen LogP contribution in [0.3, 0.4) is 0 Å². The van der Waals surface area contributed by atoms with Gasteiger partial charge < -0.3 is 4.74 Å². The van der Waals surface area contributed by atoms with Crippen molar-refractivity contribution in [3.05, 3.63) is 46.8 Å². The van der Waals surface area contributed by atoms with Crippen LogP contribution < -0.4 is 4.74 Å². The van der Waals surface area contributed by atoms with Crippen LogP contribution in [0.2, 0.25) is 0 Å². The maximum Gasteiger partial charge on any atom is 0.420 e. The van der Waals surface area contributed by atoms with E-state index in [0.29, 0.717) is 18.2 Å². The molecule has 1 heterocycles. The van der Waals surface area contributed by atoms with Crippen molar-refractivity contribution in [3.8, 4) is 10.8 Å². The second kappa shape index (κ2) is 5.01. The zero-order valence-corrected chi connectivity index (χ0v) is 10.3. The number of benzene rings is 1. The van der Waals surface area contributed by atoms with Crippen molar-refractivity contribution in [2.75, 3.05) is 0 Å². The quantitative estimate of drug-likeness (QED) is 0.677. The molecule has 0 bridgehead atoms. The fourth-order valence-corrected chi connectivity index (χ4v) is 1.99. The molecule has 1 nitrogen and oxygen atoms in total. The van der Waals surface area contributed by atoms with E-state index in [4.69, 9.17) is 4.74 Å². The maximum absolute atomic E-state index is 12.8. The van der Waals surface area contributed by atoms with Gasteiger partial charge in [0.1, 0.15) is 0 Å². The lowest BCUT2D eigenvalue weighted by Gasteiger charge is -2.17. The Kier molecular flexibility index (Phi) is 3.68. The van der Waals surface area contributed by atoms with Crippen molar-refractivity contribution in [2.24, 2.45) is 0 Å². The van der Waals surface area contributed by atoms with E-state index in [2.05, 4.69) is 5.38 Å². The molecule has 2 rings (SSSR count). The summed E-state index contributed by atoms with van der Waals surface area (Å²) in [6.45, 7) is 0. The standard InChI is InChI=1S/C12H5F6OS/c13-11(14,15)7-3-1-4-8(12(16,17)18)10(7)19-9-5-2-6-20-9/h1-5H. The molecule has 0 spiro atoms. The summed E-state index contributed by atoms with van der Waals surface area (Å²) >= 11 is 0.775. The van der Waals surface area contributed by atoms with Crippen molar-refractivity contribution in [2.45, 2.75) is 12.4 Å². The second-order valence-corrected chi connectivity index (χ2v) is 4.49. The molecule has 0 aliphatic rings. The number of thiophene rings is 1. The number of rotatable bonds is 2. The van der Waals surface area contributed by atoms with Gasteiger partial charge in [-0.25, -0.2) is 0 Å². The minimum absolute atomic E-state index is 0.104. The van der Waals surface area contributed by atoms with Gasteiger partial charge in [0.05, 0.1) is 11.1 Å². The lowest BCUT2D eigenvalue weighted by atomic mass is 10.1. The number of halogens is 6. The third-order valence-electron chi connectivity index (χ3n) is 2.28. The van der Waals surface area contributed by atoms with Gasteiger partial charge in [0, 0.05) is 5.38 Å². The molecule has 20 heavy (non-hydrogen) atoms. The first-order valence-corrected chi connectivity index (χ1v) is 5.92. The third kappa shape index (κ3) is 3.06. The van der Waals surface area contributed by atoms with Crippen LogP contribution in [0.15, 0.2) is 30.3 Å². The number of alkyl halides is 6. The van der Waals surface area contributed by atoms with E-state index >= 15 is 0 Å². The van der Waals surface area contributed by atoms with E-state index < -0.39 is 29.2 Å². The molecule has 0 N–H and O–H groups in total. The van der Waals surface area contributed by atoms with Gasteiger partial charge >= 0.3 is 12.4 Å². The lowest BCUT2D eigenvalue weighted by molar-refractivity contribution is -0.144. The van der Waals surface area contributed by atoms with Gasteiger partial charge in [0.25, 0.3) is 0 Å². The van der Waals surface area contributed by atoms with Crippen LogP contribution in [0.4, 0.5) is 26.3 Å². The first-order valence-electron chi connectivity index (χ1n) is 5.11. The predicted octanol–water partition coefficient (Wildman–Crippen LogP) is 5.38. The minimum atomic E-state index is -4.95. The van der Waals surface area contributed by atoms with E-state index in [1.807, 2.05) is 0 Å². The normalized spacial score (nSPS) is 12.5. The van der Waals surface area contributed by atoms with Crippen LogP contribution in [0, 0.1) is 5.38 Å². The molecule has 0 saturated carbocycles. The van der Waals surface area contributed by atoms with Crippen molar-refractivity contribution in [3.63, 3.8) is 0 Å². The minimum Gasteiger partial charge on any atom is -0.445 e. The van der Waals surface area contributed by atoms with Crippen LogP contribution in [0.1, 0.15) is 11.1 Å². The highest BCUT2D eigenvalue weighted by atomic mass is 32.1. The Morgan fingerprint density at radius 2 is 1.45 bits per heavy atom. The zero-order valence-electron chi connectivity index (χ0n) is 9.47. The molecule has 0 amide bonds. The first-order chi connectivity index (χ1) is 9.19. The van der Waals surface area contributed by atoms with Gasteiger partial charge in [0.2, 0.25) is 0 Å². The maximum atomic E-state index is 12.8. The van der Waals surface area contributed by atoms with Gasteiger partial charge in [-0.15, -0.1) is 0 Å². The number of ether oxygens (including phenoxy) is 1. The second-order valence-electron chi connectivity index (χ2n) is 3.65. The summed E-state index contributed by atoms with van der Waals surface area (Å²) in [7, 11) is 0.